The average Bonchev–Trinajstić information content (AvgIpc) is 2.89. The summed E-state index contributed by atoms with van der Waals surface area (Å²) in [7, 11) is 1.42. The Kier molecular flexibility index (Phi) is 5.19. The number of hydrogen-bond donors (Lipinski definition) is 1. The van der Waals surface area contributed by atoms with Gasteiger partial charge in [-0.3, -0.25) is 9.36 Å². The van der Waals surface area contributed by atoms with Crippen molar-refractivity contribution in [3.63, 3.8) is 0 Å². The highest BCUT2D eigenvalue weighted by atomic mass is 35.5. The zero-order valence-electron chi connectivity index (χ0n) is 11.2. The van der Waals surface area contributed by atoms with Gasteiger partial charge in [-0.2, -0.15) is 0 Å². The number of methoxy groups -OCH3 is 1. The number of ether oxygens (including phenoxy) is 1. The molecule has 2 aromatic rings. The van der Waals surface area contributed by atoms with Gasteiger partial charge in [0.1, 0.15) is 5.75 Å². The third kappa shape index (κ3) is 3.47. The Hall–Kier alpha value is -1.87. The third-order valence-electron chi connectivity index (χ3n) is 2.57. The van der Waals surface area contributed by atoms with Gasteiger partial charge in [0.15, 0.2) is 5.16 Å². The van der Waals surface area contributed by atoms with Crippen LogP contribution >= 0.6 is 23.4 Å². The van der Waals surface area contributed by atoms with Crippen LogP contribution in [0.25, 0.3) is 5.69 Å². The summed E-state index contributed by atoms with van der Waals surface area (Å²) in [6, 6.07) is 4.50. The molecule has 1 aromatic carbocycles. The summed E-state index contributed by atoms with van der Waals surface area (Å²) < 4.78 is 32.3. The molecule has 0 fully saturated rings. The number of aromatic nitrogens is 3. The topological polar surface area (TPSA) is 77.2 Å². The van der Waals surface area contributed by atoms with Gasteiger partial charge in [0.25, 0.3) is 6.43 Å². The Morgan fingerprint density at radius 3 is 2.82 bits per heavy atom. The van der Waals surface area contributed by atoms with Crippen LogP contribution < -0.4 is 4.74 Å². The van der Waals surface area contributed by atoms with Crippen LogP contribution in [0.3, 0.4) is 0 Å². The SMILES string of the molecule is COc1ccc(Cl)c(-n2c(SCC(=O)O)nnc2C(F)F)c1. The largest absolute Gasteiger partial charge is 0.497 e. The Bertz CT molecular complexity index is 696. The van der Waals surface area contributed by atoms with Crippen LogP contribution in [0, 0.1) is 0 Å². The summed E-state index contributed by atoms with van der Waals surface area (Å²) in [5, 5.41) is 15.9. The molecule has 0 amide bonds. The average molecular weight is 350 g/mol. The minimum Gasteiger partial charge on any atom is -0.497 e. The Morgan fingerprint density at radius 2 is 2.23 bits per heavy atom. The molecule has 0 saturated carbocycles. The smallest absolute Gasteiger partial charge is 0.313 e. The van der Waals surface area contributed by atoms with Crippen molar-refractivity contribution < 1.29 is 23.4 Å². The predicted octanol–water partition coefficient (Wildman–Crippen LogP) is 3.04. The van der Waals surface area contributed by atoms with Crippen molar-refractivity contribution in [1.29, 1.82) is 0 Å². The maximum absolute atomic E-state index is 13.1. The second-order valence-corrected chi connectivity index (χ2v) is 5.33. The van der Waals surface area contributed by atoms with E-state index in [1.54, 1.807) is 6.07 Å². The lowest BCUT2D eigenvalue weighted by molar-refractivity contribution is -0.133. The number of benzene rings is 1. The first kappa shape index (κ1) is 16.5. The predicted molar refractivity (Wildman–Crippen MR) is 76.2 cm³/mol. The highest BCUT2D eigenvalue weighted by Crippen LogP contribution is 2.32. The van der Waals surface area contributed by atoms with E-state index in [2.05, 4.69) is 10.2 Å². The van der Waals surface area contributed by atoms with Crippen molar-refractivity contribution in [2.75, 3.05) is 12.9 Å². The number of aliphatic carboxylic acids is 1. The number of carboxylic acid groups (broad SMARTS) is 1. The molecule has 1 aromatic heterocycles. The number of carboxylic acids is 1. The highest BCUT2D eigenvalue weighted by Gasteiger charge is 2.23. The molecular weight excluding hydrogens is 340 g/mol. The fourth-order valence-electron chi connectivity index (χ4n) is 1.66. The van der Waals surface area contributed by atoms with E-state index < -0.39 is 18.2 Å². The van der Waals surface area contributed by atoms with Gasteiger partial charge in [-0.05, 0) is 12.1 Å². The van der Waals surface area contributed by atoms with E-state index in [-0.39, 0.29) is 21.6 Å². The highest BCUT2D eigenvalue weighted by molar-refractivity contribution is 7.99. The van der Waals surface area contributed by atoms with Gasteiger partial charge in [0.2, 0.25) is 5.82 Å². The van der Waals surface area contributed by atoms with Crippen molar-refractivity contribution in [3.05, 3.63) is 29.0 Å². The van der Waals surface area contributed by atoms with Crippen LogP contribution in [0.5, 0.6) is 5.75 Å². The molecular formula is C12H10ClF2N3O3S. The lowest BCUT2D eigenvalue weighted by atomic mass is 10.3. The number of rotatable bonds is 6. The molecule has 0 radical (unpaired) electrons. The first-order chi connectivity index (χ1) is 10.4. The number of carbonyl (C=O) groups is 1. The van der Waals surface area contributed by atoms with E-state index >= 15 is 0 Å². The van der Waals surface area contributed by atoms with Gasteiger partial charge >= 0.3 is 5.97 Å². The molecule has 0 saturated heterocycles. The van der Waals surface area contributed by atoms with Crippen LogP contribution in [0.15, 0.2) is 23.4 Å². The molecule has 0 atom stereocenters. The Morgan fingerprint density at radius 1 is 1.50 bits per heavy atom. The lowest BCUT2D eigenvalue weighted by Gasteiger charge is -2.12. The first-order valence-electron chi connectivity index (χ1n) is 5.86. The fourth-order valence-corrected chi connectivity index (χ4v) is 2.53. The summed E-state index contributed by atoms with van der Waals surface area (Å²) in [4.78, 5) is 10.7. The van der Waals surface area contributed by atoms with Crippen molar-refractivity contribution in [1.82, 2.24) is 14.8 Å². The molecule has 0 aliphatic carbocycles. The second kappa shape index (κ2) is 6.93. The maximum Gasteiger partial charge on any atom is 0.313 e. The number of hydrogen-bond acceptors (Lipinski definition) is 5. The van der Waals surface area contributed by atoms with Crippen LogP contribution in [0.1, 0.15) is 12.2 Å². The van der Waals surface area contributed by atoms with E-state index in [0.29, 0.717) is 5.75 Å². The van der Waals surface area contributed by atoms with E-state index in [1.165, 1.54) is 19.2 Å². The molecule has 1 N–H and O–H groups in total. The van der Waals surface area contributed by atoms with Crippen molar-refractivity contribution >= 4 is 29.3 Å². The van der Waals surface area contributed by atoms with Crippen LogP contribution in [-0.2, 0) is 4.79 Å². The van der Waals surface area contributed by atoms with E-state index in [1.807, 2.05) is 0 Å². The molecule has 0 aliphatic rings. The lowest BCUT2D eigenvalue weighted by Crippen LogP contribution is -2.06. The summed E-state index contributed by atoms with van der Waals surface area (Å²) in [5.41, 5.74) is 0.189. The standard InChI is InChI=1S/C12H10ClF2N3O3S/c1-21-6-2-3-7(13)8(4-6)18-11(10(14)15)16-17-12(18)22-5-9(19)20/h2-4,10H,5H2,1H3,(H,19,20). The third-order valence-corrected chi connectivity index (χ3v) is 3.81. The van der Waals surface area contributed by atoms with Crippen LogP contribution in [-0.4, -0.2) is 38.7 Å². The summed E-state index contributed by atoms with van der Waals surface area (Å²) in [6.07, 6.45) is -2.89. The van der Waals surface area contributed by atoms with Crippen LogP contribution in [0.2, 0.25) is 5.02 Å². The molecule has 6 nitrogen and oxygen atoms in total. The van der Waals surface area contributed by atoms with Gasteiger partial charge in [-0.15, -0.1) is 10.2 Å². The number of halogens is 3. The molecule has 2 rings (SSSR count). The zero-order valence-corrected chi connectivity index (χ0v) is 12.7. The van der Waals surface area contributed by atoms with Crippen molar-refractivity contribution in [2.45, 2.75) is 11.6 Å². The van der Waals surface area contributed by atoms with Crippen molar-refractivity contribution in [2.24, 2.45) is 0 Å². The minimum absolute atomic E-state index is 0.00727. The zero-order chi connectivity index (χ0) is 16.3. The van der Waals surface area contributed by atoms with Gasteiger partial charge in [0.05, 0.1) is 23.6 Å². The molecule has 0 bridgehead atoms. The van der Waals surface area contributed by atoms with Gasteiger partial charge < -0.3 is 9.84 Å². The summed E-state index contributed by atoms with van der Waals surface area (Å²) in [5.74, 6) is -1.66. The molecule has 0 spiro atoms. The monoisotopic (exact) mass is 349 g/mol. The maximum atomic E-state index is 13.1. The Balaban J connectivity index is 2.55. The molecule has 22 heavy (non-hydrogen) atoms. The quantitative estimate of drug-likeness (QED) is 0.808. The van der Waals surface area contributed by atoms with Gasteiger partial charge in [-0.25, -0.2) is 8.78 Å². The second-order valence-electron chi connectivity index (χ2n) is 3.98. The molecule has 118 valence electrons. The van der Waals surface area contributed by atoms with Crippen molar-refractivity contribution in [3.8, 4) is 11.4 Å². The normalized spacial score (nSPS) is 11.0. The van der Waals surface area contributed by atoms with E-state index in [9.17, 15) is 13.6 Å². The minimum atomic E-state index is -2.89. The molecule has 0 unspecified atom stereocenters. The summed E-state index contributed by atoms with van der Waals surface area (Å²) >= 11 is 6.82. The van der Waals surface area contributed by atoms with Gasteiger partial charge in [-0.1, -0.05) is 23.4 Å². The Labute approximate surface area is 133 Å². The molecule has 0 aliphatic heterocycles. The summed E-state index contributed by atoms with van der Waals surface area (Å²) in [6.45, 7) is 0. The number of thioether (sulfide) groups is 1. The molecule has 1 heterocycles. The number of alkyl halides is 2. The first-order valence-corrected chi connectivity index (χ1v) is 7.22. The van der Waals surface area contributed by atoms with E-state index in [4.69, 9.17) is 21.4 Å². The number of nitrogens with zero attached hydrogens (tertiary/aromatic N) is 3. The molecule has 10 heteroatoms. The fraction of sp³-hybridized carbons (Fsp3) is 0.250. The van der Waals surface area contributed by atoms with E-state index in [0.717, 1.165) is 16.3 Å². The van der Waals surface area contributed by atoms with Gasteiger partial charge in [0, 0.05) is 6.07 Å². The van der Waals surface area contributed by atoms with Crippen LogP contribution in [0.4, 0.5) is 8.78 Å².